The first kappa shape index (κ1) is 17.4. The van der Waals surface area contributed by atoms with E-state index in [-0.39, 0.29) is 11.9 Å². The van der Waals surface area contributed by atoms with Crippen molar-refractivity contribution < 1.29 is 9.53 Å². The Bertz CT molecular complexity index is 642. The van der Waals surface area contributed by atoms with Crippen molar-refractivity contribution in [3.63, 3.8) is 0 Å². The Kier molecular flexibility index (Phi) is 5.84. The van der Waals surface area contributed by atoms with Crippen molar-refractivity contribution in [1.82, 2.24) is 10.3 Å². The SMILES string of the molecule is O=C1NN=CC(=NCC(c2ccc(Cl)cc2)N2CCOCC2)C1Cl. The molecule has 1 N–H and O–H groups in total. The van der Waals surface area contributed by atoms with Gasteiger partial charge in [-0.2, -0.15) is 5.10 Å². The molecule has 2 atom stereocenters. The summed E-state index contributed by atoms with van der Waals surface area (Å²) in [7, 11) is 0. The van der Waals surface area contributed by atoms with Gasteiger partial charge in [0.05, 0.1) is 37.7 Å². The summed E-state index contributed by atoms with van der Waals surface area (Å²) in [6, 6.07) is 7.82. The van der Waals surface area contributed by atoms with E-state index in [4.69, 9.17) is 27.9 Å². The molecule has 0 aromatic heterocycles. The van der Waals surface area contributed by atoms with Crippen molar-refractivity contribution in [3.8, 4) is 0 Å². The summed E-state index contributed by atoms with van der Waals surface area (Å²) < 4.78 is 5.44. The van der Waals surface area contributed by atoms with Crippen molar-refractivity contribution in [3.05, 3.63) is 34.9 Å². The molecule has 2 unspecified atom stereocenters. The van der Waals surface area contributed by atoms with E-state index in [0.29, 0.717) is 30.5 Å². The van der Waals surface area contributed by atoms with Gasteiger partial charge in [0.1, 0.15) is 0 Å². The molecule has 0 bridgehead atoms. The molecular weight excluding hydrogens is 351 g/mol. The van der Waals surface area contributed by atoms with Gasteiger partial charge in [-0.1, -0.05) is 23.7 Å². The van der Waals surface area contributed by atoms with Crippen LogP contribution < -0.4 is 5.43 Å². The Labute approximate surface area is 150 Å². The first-order chi connectivity index (χ1) is 11.6. The third-order valence-corrected chi connectivity index (χ3v) is 4.72. The molecular formula is C16H18Cl2N4O2. The smallest absolute Gasteiger partial charge is 0.264 e. The Hall–Kier alpha value is -1.47. The molecule has 8 heteroatoms. The average Bonchev–Trinajstić information content (AvgIpc) is 2.61. The molecule has 1 aromatic carbocycles. The van der Waals surface area contributed by atoms with E-state index in [1.165, 1.54) is 6.21 Å². The zero-order valence-electron chi connectivity index (χ0n) is 13.0. The topological polar surface area (TPSA) is 66.3 Å². The van der Waals surface area contributed by atoms with Gasteiger partial charge < -0.3 is 4.74 Å². The maximum Gasteiger partial charge on any atom is 0.264 e. The van der Waals surface area contributed by atoms with E-state index in [0.717, 1.165) is 18.7 Å². The zero-order chi connectivity index (χ0) is 16.9. The highest BCUT2D eigenvalue weighted by Crippen LogP contribution is 2.24. The third kappa shape index (κ3) is 4.13. The molecule has 1 aromatic rings. The number of aliphatic imine (C=N–C) groups is 1. The lowest BCUT2D eigenvalue weighted by molar-refractivity contribution is -0.119. The third-order valence-electron chi connectivity index (χ3n) is 4.05. The number of carbonyl (C=O) groups excluding carboxylic acids is 1. The van der Waals surface area contributed by atoms with E-state index in [1.807, 2.05) is 24.3 Å². The quantitative estimate of drug-likeness (QED) is 0.825. The minimum Gasteiger partial charge on any atom is -0.379 e. The second-order valence-electron chi connectivity index (χ2n) is 5.58. The highest BCUT2D eigenvalue weighted by atomic mass is 35.5. The van der Waals surface area contributed by atoms with Gasteiger partial charge in [0.25, 0.3) is 5.91 Å². The maximum atomic E-state index is 11.6. The predicted molar refractivity (Wildman–Crippen MR) is 95.2 cm³/mol. The van der Waals surface area contributed by atoms with Gasteiger partial charge in [0, 0.05) is 18.1 Å². The summed E-state index contributed by atoms with van der Waals surface area (Å²) in [6.07, 6.45) is 1.50. The van der Waals surface area contributed by atoms with Gasteiger partial charge in [-0.25, -0.2) is 5.43 Å². The lowest BCUT2D eigenvalue weighted by atomic mass is 10.0. The number of nitrogens with one attached hydrogen (secondary N) is 1. The molecule has 128 valence electrons. The maximum absolute atomic E-state index is 11.6. The summed E-state index contributed by atoms with van der Waals surface area (Å²) in [5, 5.41) is 3.66. The molecule has 1 amide bonds. The number of nitrogens with zero attached hydrogens (tertiary/aromatic N) is 3. The lowest BCUT2D eigenvalue weighted by Crippen LogP contribution is -2.41. The van der Waals surface area contributed by atoms with Gasteiger partial charge in [-0.3, -0.25) is 14.7 Å². The van der Waals surface area contributed by atoms with Crippen LogP contribution in [0.5, 0.6) is 0 Å². The Morgan fingerprint density at radius 3 is 2.75 bits per heavy atom. The van der Waals surface area contributed by atoms with Crippen LogP contribution in [0.3, 0.4) is 0 Å². The number of amides is 1. The van der Waals surface area contributed by atoms with E-state index in [2.05, 4.69) is 20.4 Å². The molecule has 0 radical (unpaired) electrons. The monoisotopic (exact) mass is 368 g/mol. The minimum absolute atomic E-state index is 0.0703. The highest BCUT2D eigenvalue weighted by molar-refractivity contribution is 6.54. The fraction of sp³-hybridized carbons (Fsp3) is 0.438. The molecule has 1 fully saturated rings. The fourth-order valence-electron chi connectivity index (χ4n) is 2.74. The number of benzene rings is 1. The molecule has 2 heterocycles. The van der Waals surface area contributed by atoms with E-state index in [9.17, 15) is 4.79 Å². The number of halogens is 2. The van der Waals surface area contributed by atoms with Gasteiger partial charge in [0.15, 0.2) is 5.38 Å². The number of carbonyl (C=O) groups is 1. The molecule has 0 saturated carbocycles. The van der Waals surface area contributed by atoms with Gasteiger partial charge in [-0.05, 0) is 17.7 Å². The minimum atomic E-state index is -0.807. The number of hydrogen-bond acceptors (Lipinski definition) is 5. The van der Waals surface area contributed by atoms with Crippen molar-refractivity contribution in [2.24, 2.45) is 10.1 Å². The molecule has 2 aliphatic rings. The molecule has 0 aliphatic carbocycles. The van der Waals surface area contributed by atoms with E-state index >= 15 is 0 Å². The Balaban J connectivity index is 1.81. The summed E-state index contributed by atoms with van der Waals surface area (Å²) in [5.41, 5.74) is 3.93. The summed E-state index contributed by atoms with van der Waals surface area (Å²) in [5.74, 6) is -0.354. The number of rotatable bonds is 4. The Morgan fingerprint density at radius 1 is 1.33 bits per heavy atom. The number of ether oxygens (including phenoxy) is 1. The van der Waals surface area contributed by atoms with E-state index < -0.39 is 5.38 Å². The number of morpholine rings is 1. The van der Waals surface area contributed by atoms with Gasteiger partial charge in [-0.15, -0.1) is 11.6 Å². The summed E-state index contributed by atoms with van der Waals surface area (Å²) in [4.78, 5) is 18.4. The van der Waals surface area contributed by atoms with Gasteiger partial charge >= 0.3 is 0 Å². The molecule has 6 nitrogen and oxygen atoms in total. The standard InChI is InChI=1S/C16H18Cl2N4O2/c17-12-3-1-11(2-4-12)14(22-5-7-24-8-6-22)10-19-13-9-20-21-16(23)15(13)18/h1-4,9,14-15H,5-8,10H2,(H,21,23). The highest BCUT2D eigenvalue weighted by Gasteiger charge is 2.26. The van der Waals surface area contributed by atoms with Crippen LogP contribution in [0, 0.1) is 0 Å². The molecule has 3 rings (SSSR count). The van der Waals surface area contributed by atoms with Crippen molar-refractivity contribution >= 4 is 41.0 Å². The first-order valence-corrected chi connectivity index (χ1v) is 8.55. The predicted octanol–water partition coefficient (Wildman–Crippen LogP) is 1.88. The largest absolute Gasteiger partial charge is 0.379 e. The summed E-state index contributed by atoms with van der Waals surface area (Å²) >= 11 is 12.1. The fourth-order valence-corrected chi connectivity index (χ4v) is 3.04. The van der Waals surface area contributed by atoms with Crippen LogP contribution in [0.1, 0.15) is 11.6 Å². The van der Waals surface area contributed by atoms with E-state index in [1.54, 1.807) is 0 Å². The van der Waals surface area contributed by atoms with Crippen LogP contribution in [0.2, 0.25) is 5.02 Å². The van der Waals surface area contributed by atoms with Crippen LogP contribution >= 0.6 is 23.2 Å². The van der Waals surface area contributed by atoms with Crippen LogP contribution in [0.4, 0.5) is 0 Å². The van der Waals surface area contributed by atoms with Gasteiger partial charge in [0.2, 0.25) is 0 Å². The number of hydrogen-bond donors (Lipinski definition) is 1. The normalized spacial score (nSPS) is 24.8. The van der Waals surface area contributed by atoms with Crippen molar-refractivity contribution in [2.45, 2.75) is 11.4 Å². The van der Waals surface area contributed by atoms with Crippen molar-refractivity contribution in [2.75, 3.05) is 32.8 Å². The van der Waals surface area contributed by atoms with Crippen LogP contribution in [0.25, 0.3) is 0 Å². The van der Waals surface area contributed by atoms with Crippen molar-refractivity contribution in [1.29, 1.82) is 0 Å². The molecule has 0 spiro atoms. The number of alkyl halides is 1. The Morgan fingerprint density at radius 2 is 2.04 bits per heavy atom. The molecule has 1 saturated heterocycles. The molecule has 2 aliphatic heterocycles. The number of hydrazone groups is 1. The zero-order valence-corrected chi connectivity index (χ0v) is 14.5. The van der Waals surface area contributed by atoms with Crippen LogP contribution in [-0.4, -0.2) is 61.0 Å². The second kappa shape index (κ2) is 8.07. The lowest BCUT2D eigenvalue weighted by Gasteiger charge is -2.34. The molecule has 24 heavy (non-hydrogen) atoms. The average molecular weight is 369 g/mol. The first-order valence-electron chi connectivity index (χ1n) is 7.74. The second-order valence-corrected chi connectivity index (χ2v) is 6.45. The van der Waals surface area contributed by atoms with Crippen LogP contribution in [-0.2, 0) is 9.53 Å². The summed E-state index contributed by atoms with van der Waals surface area (Å²) in [6.45, 7) is 3.54. The van der Waals surface area contributed by atoms with Crippen LogP contribution in [0.15, 0.2) is 34.4 Å².